The maximum absolute atomic E-state index is 8.79. The first kappa shape index (κ1) is 10.8. The molecule has 0 aromatic carbocycles. The first-order chi connectivity index (χ1) is 6.77. The van der Waals surface area contributed by atoms with Gasteiger partial charge in [0.05, 0.1) is 0 Å². The molecular formula is C13H16O. The van der Waals surface area contributed by atoms with Gasteiger partial charge in [-0.15, -0.1) is 5.73 Å². The van der Waals surface area contributed by atoms with Crippen molar-refractivity contribution in [1.29, 1.82) is 0 Å². The van der Waals surface area contributed by atoms with Gasteiger partial charge in [-0.2, -0.15) is 0 Å². The molecule has 0 atom stereocenters. The Morgan fingerprint density at radius 3 is 2.86 bits per heavy atom. The van der Waals surface area contributed by atoms with Crippen LogP contribution in [0.3, 0.4) is 0 Å². The van der Waals surface area contributed by atoms with E-state index in [1.807, 2.05) is 18.2 Å². The Bertz CT molecular complexity index is 336. The van der Waals surface area contributed by atoms with Crippen LogP contribution in [-0.2, 0) is 0 Å². The molecule has 0 fully saturated rings. The van der Waals surface area contributed by atoms with E-state index in [9.17, 15) is 0 Å². The molecule has 0 spiro atoms. The molecule has 0 heterocycles. The van der Waals surface area contributed by atoms with E-state index < -0.39 is 0 Å². The molecule has 14 heavy (non-hydrogen) atoms. The summed E-state index contributed by atoms with van der Waals surface area (Å²) in [6.45, 7) is 6.19. The smallest absolute Gasteiger partial charge is 0.0471 e. The zero-order valence-corrected chi connectivity index (χ0v) is 8.59. The maximum Gasteiger partial charge on any atom is 0.0471 e. The summed E-state index contributed by atoms with van der Waals surface area (Å²) in [7, 11) is 0. The van der Waals surface area contributed by atoms with E-state index in [0.717, 1.165) is 17.6 Å². The number of rotatable bonds is 4. The zero-order chi connectivity index (χ0) is 10.4. The Kier molecular flexibility index (Phi) is 4.18. The van der Waals surface area contributed by atoms with Gasteiger partial charge < -0.3 is 5.11 Å². The normalized spacial score (nSPS) is 14.7. The summed E-state index contributed by atoms with van der Waals surface area (Å²) in [5.41, 5.74) is 6.38. The summed E-state index contributed by atoms with van der Waals surface area (Å²) in [6.07, 6.45) is 9.64. The van der Waals surface area contributed by atoms with Crippen LogP contribution in [0.15, 0.2) is 53.3 Å². The second kappa shape index (κ2) is 5.43. The molecule has 1 N–H and O–H groups in total. The molecule has 0 radical (unpaired) electrons. The van der Waals surface area contributed by atoms with Gasteiger partial charge in [0.2, 0.25) is 0 Å². The predicted molar refractivity (Wildman–Crippen MR) is 60.0 cm³/mol. The molecule has 1 aliphatic carbocycles. The van der Waals surface area contributed by atoms with Gasteiger partial charge in [-0.05, 0) is 41.7 Å². The third kappa shape index (κ3) is 2.88. The van der Waals surface area contributed by atoms with Crippen molar-refractivity contribution in [3.05, 3.63) is 53.3 Å². The fourth-order valence-electron chi connectivity index (χ4n) is 1.25. The highest BCUT2D eigenvalue weighted by Gasteiger charge is 1.99. The summed E-state index contributed by atoms with van der Waals surface area (Å²) in [6, 6.07) is 0. The Labute approximate surface area is 85.5 Å². The average Bonchev–Trinajstić information content (AvgIpc) is 2.42. The molecule has 0 aliphatic heterocycles. The van der Waals surface area contributed by atoms with Crippen LogP contribution in [-0.4, -0.2) is 11.7 Å². The molecule has 1 heteroatoms. The van der Waals surface area contributed by atoms with E-state index in [2.05, 4.69) is 25.3 Å². The molecule has 0 unspecified atom stereocenters. The summed E-state index contributed by atoms with van der Waals surface area (Å²) in [4.78, 5) is 0. The lowest BCUT2D eigenvalue weighted by Gasteiger charge is -2.02. The van der Waals surface area contributed by atoms with Gasteiger partial charge in [0.1, 0.15) is 0 Å². The molecule has 0 amide bonds. The van der Waals surface area contributed by atoms with Crippen molar-refractivity contribution in [2.24, 2.45) is 0 Å². The van der Waals surface area contributed by atoms with E-state index >= 15 is 0 Å². The summed E-state index contributed by atoms with van der Waals surface area (Å²) in [5.74, 6) is 0. The van der Waals surface area contributed by atoms with Gasteiger partial charge in [0.15, 0.2) is 0 Å². The van der Waals surface area contributed by atoms with E-state index in [4.69, 9.17) is 5.11 Å². The Morgan fingerprint density at radius 2 is 2.21 bits per heavy atom. The summed E-state index contributed by atoms with van der Waals surface area (Å²) in [5, 5.41) is 8.79. The minimum Gasteiger partial charge on any atom is -0.396 e. The number of aliphatic hydroxyl groups excluding tert-OH is 1. The van der Waals surface area contributed by atoms with Crippen molar-refractivity contribution in [1.82, 2.24) is 0 Å². The molecule has 0 aromatic rings. The van der Waals surface area contributed by atoms with Gasteiger partial charge in [-0.3, -0.25) is 0 Å². The van der Waals surface area contributed by atoms with Crippen molar-refractivity contribution in [2.75, 3.05) is 6.61 Å². The van der Waals surface area contributed by atoms with E-state index in [0.29, 0.717) is 6.42 Å². The Hall–Kier alpha value is -1.30. The third-order valence-corrected chi connectivity index (χ3v) is 2.21. The molecule has 1 rings (SSSR count). The van der Waals surface area contributed by atoms with Crippen LogP contribution >= 0.6 is 0 Å². The first-order valence-electron chi connectivity index (χ1n) is 4.90. The maximum atomic E-state index is 8.79. The second-order valence-electron chi connectivity index (χ2n) is 3.25. The van der Waals surface area contributed by atoms with Crippen molar-refractivity contribution in [3.63, 3.8) is 0 Å². The lowest BCUT2D eigenvalue weighted by atomic mass is 10.0. The first-order valence-corrected chi connectivity index (χ1v) is 4.90. The van der Waals surface area contributed by atoms with Gasteiger partial charge in [-0.1, -0.05) is 25.7 Å². The van der Waals surface area contributed by atoms with Crippen molar-refractivity contribution in [2.45, 2.75) is 19.8 Å². The lowest BCUT2D eigenvalue weighted by molar-refractivity contribution is 0.300. The average molecular weight is 188 g/mol. The molecular weight excluding hydrogens is 172 g/mol. The Morgan fingerprint density at radius 1 is 1.43 bits per heavy atom. The fourth-order valence-corrected chi connectivity index (χ4v) is 1.25. The monoisotopic (exact) mass is 188 g/mol. The SMILES string of the molecule is C=C(CCO)C1=CC=C(CC)C=C=C1. The number of allylic oxidation sites excluding steroid dienone is 5. The molecule has 1 nitrogen and oxygen atoms in total. The highest BCUT2D eigenvalue weighted by Crippen LogP contribution is 2.16. The number of aliphatic hydroxyl groups is 1. The van der Waals surface area contributed by atoms with Crippen molar-refractivity contribution >= 4 is 0 Å². The van der Waals surface area contributed by atoms with Crippen LogP contribution in [0, 0.1) is 0 Å². The van der Waals surface area contributed by atoms with Gasteiger partial charge in [0.25, 0.3) is 0 Å². The summed E-state index contributed by atoms with van der Waals surface area (Å²) < 4.78 is 0. The molecule has 0 saturated heterocycles. The van der Waals surface area contributed by atoms with Crippen LogP contribution in [0.25, 0.3) is 0 Å². The van der Waals surface area contributed by atoms with Crippen LogP contribution in [0.2, 0.25) is 0 Å². The van der Waals surface area contributed by atoms with Gasteiger partial charge in [-0.25, -0.2) is 0 Å². The predicted octanol–water partition coefficient (Wildman–Crippen LogP) is 2.91. The van der Waals surface area contributed by atoms with Crippen molar-refractivity contribution in [3.8, 4) is 0 Å². The molecule has 1 aliphatic rings. The van der Waals surface area contributed by atoms with E-state index in [1.54, 1.807) is 0 Å². The minimum atomic E-state index is 0.151. The van der Waals surface area contributed by atoms with Crippen LogP contribution < -0.4 is 0 Å². The number of hydrogen-bond donors (Lipinski definition) is 1. The molecule has 0 saturated carbocycles. The quantitative estimate of drug-likeness (QED) is 0.672. The van der Waals surface area contributed by atoms with Gasteiger partial charge in [0, 0.05) is 6.61 Å². The largest absolute Gasteiger partial charge is 0.396 e. The Balaban J connectivity index is 2.83. The minimum absolute atomic E-state index is 0.151. The van der Waals surface area contributed by atoms with E-state index in [-0.39, 0.29) is 6.61 Å². The number of hydrogen-bond acceptors (Lipinski definition) is 1. The van der Waals surface area contributed by atoms with E-state index in [1.165, 1.54) is 5.57 Å². The fraction of sp³-hybridized carbons (Fsp3) is 0.308. The highest BCUT2D eigenvalue weighted by atomic mass is 16.2. The molecule has 0 bridgehead atoms. The molecule has 0 aromatic heterocycles. The van der Waals surface area contributed by atoms with Crippen molar-refractivity contribution < 1.29 is 5.11 Å². The van der Waals surface area contributed by atoms with Crippen LogP contribution in [0.4, 0.5) is 0 Å². The summed E-state index contributed by atoms with van der Waals surface area (Å²) >= 11 is 0. The van der Waals surface area contributed by atoms with Crippen LogP contribution in [0.5, 0.6) is 0 Å². The highest BCUT2D eigenvalue weighted by molar-refractivity contribution is 5.44. The zero-order valence-electron chi connectivity index (χ0n) is 8.59. The standard InChI is InChI=1S/C13H16O/c1-3-12-5-4-6-13(8-7-12)11(2)9-10-14/h5-8,14H,2-3,9-10H2,1H3. The third-order valence-electron chi connectivity index (χ3n) is 2.21. The lowest BCUT2D eigenvalue weighted by Crippen LogP contribution is -1.89. The molecule has 74 valence electrons. The van der Waals surface area contributed by atoms with Crippen LogP contribution in [0.1, 0.15) is 19.8 Å². The topological polar surface area (TPSA) is 20.2 Å². The second-order valence-corrected chi connectivity index (χ2v) is 3.25. The van der Waals surface area contributed by atoms with Gasteiger partial charge >= 0.3 is 0 Å².